The standard InChI is InChI=1S/C21H24N2O/c1-4-8-18-9-5-6-10-21(18)24-12-7-11-23-15-22-19-13-16(2)17(3)14-20(19)23/h4-6,9-10,13-15H,1,7-8,11-12H2,2-3H3. The predicted octanol–water partition coefficient (Wildman–Crippen LogP) is 4.85. The van der Waals surface area contributed by atoms with Crippen LogP contribution < -0.4 is 4.74 Å². The second-order valence-electron chi connectivity index (χ2n) is 6.17. The summed E-state index contributed by atoms with van der Waals surface area (Å²) in [6.07, 6.45) is 5.61. The van der Waals surface area contributed by atoms with E-state index in [0.29, 0.717) is 6.61 Å². The van der Waals surface area contributed by atoms with Gasteiger partial charge in [0.1, 0.15) is 5.75 Å². The molecule has 1 heterocycles. The highest BCUT2D eigenvalue weighted by Gasteiger charge is 2.05. The quantitative estimate of drug-likeness (QED) is 0.459. The van der Waals surface area contributed by atoms with Crippen LogP contribution in [0.3, 0.4) is 0 Å². The van der Waals surface area contributed by atoms with Gasteiger partial charge in [0.2, 0.25) is 0 Å². The van der Waals surface area contributed by atoms with E-state index >= 15 is 0 Å². The first kappa shape index (κ1) is 16.3. The summed E-state index contributed by atoms with van der Waals surface area (Å²) in [5, 5.41) is 0. The summed E-state index contributed by atoms with van der Waals surface area (Å²) < 4.78 is 8.17. The van der Waals surface area contributed by atoms with Gasteiger partial charge in [-0.1, -0.05) is 24.3 Å². The van der Waals surface area contributed by atoms with Crippen LogP contribution in [0.1, 0.15) is 23.1 Å². The van der Waals surface area contributed by atoms with Gasteiger partial charge >= 0.3 is 0 Å². The lowest BCUT2D eigenvalue weighted by molar-refractivity contribution is 0.300. The van der Waals surface area contributed by atoms with E-state index < -0.39 is 0 Å². The van der Waals surface area contributed by atoms with Crippen molar-refractivity contribution >= 4 is 11.0 Å². The first-order valence-corrected chi connectivity index (χ1v) is 8.42. The molecule has 0 spiro atoms. The first-order valence-electron chi connectivity index (χ1n) is 8.42. The summed E-state index contributed by atoms with van der Waals surface area (Å²) in [5.74, 6) is 0.958. The molecule has 0 fully saturated rings. The molecular formula is C21H24N2O. The van der Waals surface area contributed by atoms with Crippen LogP contribution in [0.15, 0.2) is 55.4 Å². The van der Waals surface area contributed by atoms with Gasteiger partial charge in [-0.15, -0.1) is 6.58 Å². The maximum atomic E-state index is 5.96. The fraction of sp³-hybridized carbons (Fsp3) is 0.286. The number of allylic oxidation sites excluding steroid dienone is 1. The zero-order chi connectivity index (χ0) is 16.9. The van der Waals surface area contributed by atoms with Gasteiger partial charge in [-0.2, -0.15) is 0 Å². The average Bonchev–Trinajstić information content (AvgIpc) is 2.96. The molecule has 0 aliphatic heterocycles. The molecule has 24 heavy (non-hydrogen) atoms. The molecule has 2 aromatic carbocycles. The van der Waals surface area contributed by atoms with E-state index in [-0.39, 0.29) is 0 Å². The number of aromatic nitrogens is 2. The van der Waals surface area contributed by atoms with E-state index in [1.807, 2.05) is 30.6 Å². The van der Waals surface area contributed by atoms with Gasteiger partial charge in [-0.25, -0.2) is 4.98 Å². The molecule has 0 atom stereocenters. The third-order valence-corrected chi connectivity index (χ3v) is 4.37. The lowest BCUT2D eigenvalue weighted by atomic mass is 10.1. The van der Waals surface area contributed by atoms with E-state index in [2.05, 4.69) is 48.2 Å². The Balaban J connectivity index is 1.61. The molecule has 0 saturated heterocycles. The highest BCUT2D eigenvalue weighted by Crippen LogP contribution is 2.20. The summed E-state index contributed by atoms with van der Waals surface area (Å²) in [6, 6.07) is 12.5. The van der Waals surface area contributed by atoms with Gasteiger partial charge in [0.15, 0.2) is 0 Å². The van der Waals surface area contributed by atoms with Crippen molar-refractivity contribution in [2.45, 2.75) is 33.2 Å². The fourth-order valence-electron chi connectivity index (χ4n) is 2.88. The third kappa shape index (κ3) is 3.51. The number of nitrogens with zero attached hydrogens (tertiary/aromatic N) is 2. The van der Waals surface area contributed by atoms with Gasteiger partial charge in [-0.05, 0) is 61.6 Å². The normalized spacial score (nSPS) is 10.9. The molecule has 3 rings (SSSR count). The minimum absolute atomic E-state index is 0.693. The van der Waals surface area contributed by atoms with Crippen LogP contribution in [0.2, 0.25) is 0 Å². The van der Waals surface area contributed by atoms with Crippen LogP contribution >= 0.6 is 0 Å². The van der Waals surface area contributed by atoms with Crippen LogP contribution in [0.4, 0.5) is 0 Å². The number of ether oxygens (including phenoxy) is 1. The number of hydrogen-bond donors (Lipinski definition) is 0. The fourth-order valence-corrected chi connectivity index (χ4v) is 2.88. The molecule has 0 unspecified atom stereocenters. The maximum Gasteiger partial charge on any atom is 0.122 e. The van der Waals surface area contributed by atoms with Crippen molar-refractivity contribution < 1.29 is 4.74 Å². The molecule has 0 aliphatic carbocycles. The smallest absolute Gasteiger partial charge is 0.122 e. The molecule has 124 valence electrons. The predicted molar refractivity (Wildman–Crippen MR) is 99.7 cm³/mol. The Morgan fingerprint density at radius 3 is 2.79 bits per heavy atom. The molecule has 0 amide bonds. The molecule has 3 heteroatoms. The maximum absolute atomic E-state index is 5.96. The largest absolute Gasteiger partial charge is 0.493 e. The van der Waals surface area contributed by atoms with Crippen LogP contribution in [-0.2, 0) is 13.0 Å². The SMILES string of the molecule is C=CCc1ccccc1OCCCn1cnc2cc(C)c(C)cc21. The lowest BCUT2D eigenvalue weighted by Crippen LogP contribution is -2.05. The molecule has 0 saturated carbocycles. The molecule has 0 aliphatic rings. The third-order valence-electron chi connectivity index (χ3n) is 4.37. The van der Waals surface area contributed by atoms with Crippen LogP contribution in [-0.4, -0.2) is 16.2 Å². The highest BCUT2D eigenvalue weighted by atomic mass is 16.5. The Hall–Kier alpha value is -2.55. The zero-order valence-corrected chi connectivity index (χ0v) is 14.5. The number of imidazole rings is 1. The van der Waals surface area contributed by atoms with Crippen molar-refractivity contribution in [2.24, 2.45) is 0 Å². The van der Waals surface area contributed by atoms with Crippen LogP contribution in [0.5, 0.6) is 5.75 Å². The summed E-state index contributed by atoms with van der Waals surface area (Å²) in [5.41, 5.74) is 6.04. The molecule has 1 aromatic heterocycles. The molecule has 0 radical (unpaired) electrons. The minimum Gasteiger partial charge on any atom is -0.493 e. The summed E-state index contributed by atoms with van der Waals surface area (Å²) >= 11 is 0. The summed E-state index contributed by atoms with van der Waals surface area (Å²) in [6.45, 7) is 9.67. The van der Waals surface area contributed by atoms with Gasteiger partial charge in [0, 0.05) is 6.54 Å². The Morgan fingerprint density at radius 2 is 1.96 bits per heavy atom. The second kappa shape index (κ2) is 7.35. The van der Waals surface area contributed by atoms with Crippen molar-refractivity contribution in [3.05, 3.63) is 72.1 Å². The van der Waals surface area contributed by atoms with E-state index in [0.717, 1.165) is 30.7 Å². The number of rotatable bonds is 7. The van der Waals surface area contributed by atoms with Crippen molar-refractivity contribution in [1.29, 1.82) is 0 Å². The van der Waals surface area contributed by atoms with E-state index in [9.17, 15) is 0 Å². The highest BCUT2D eigenvalue weighted by molar-refractivity contribution is 5.77. The zero-order valence-electron chi connectivity index (χ0n) is 14.5. The number of fused-ring (bicyclic) bond motifs is 1. The first-order chi connectivity index (χ1) is 11.7. The monoisotopic (exact) mass is 320 g/mol. The molecule has 3 aromatic rings. The minimum atomic E-state index is 0.693. The topological polar surface area (TPSA) is 27.1 Å². The molecular weight excluding hydrogens is 296 g/mol. The average molecular weight is 320 g/mol. The summed E-state index contributed by atoms with van der Waals surface area (Å²) in [4.78, 5) is 4.51. The Bertz CT molecular complexity index is 848. The van der Waals surface area contributed by atoms with Crippen molar-refractivity contribution in [1.82, 2.24) is 9.55 Å². The number of hydrogen-bond acceptors (Lipinski definition) is 2. The van der Waals surface area contributed by atoms with Gasteiger partial charge in [-0.3, -0.25) is 0 Å². The van der Waals surface area contributed by atoms with Crippen LogP contribution in [0, 0.1) is 13.8 Å². The van der Waals surface area contributed by atoms with E-state index in [1.54, 1.807) is 0 Å². The molecule has 0 N–H and O–H groups in total. The van der Waals surface area contributed by atoms with Crippen molar-refractivity contribution in [2.75, 3.05) is 6.61 Å². The number of para-hydroxylation sites is 1. The summed E-state index contributed by atoms with van der Waals surface area (Å²) in [7, 11) is 0. The Kier molecular flexibility index (Phi) is 4.99. The van der Waals surface area contributed by atoms with Crippen molar-refractivity contribution in [3.8, 4) is 5.75 Å². The Morgan fingerprint density at radius 1 is 1.17 bits per heavy atom. The van der Waals surface area contributed by atoms with Crippen LogP contribution in [0.25, 0.3) is 11.0 Å². The lowest BCUT2D eigenvalue weighted by Gasteiger charge is -2.11. The van der Waals surface area contributed by atoms with Gasteiger partial charge < -0.3 is 9.30 Å². The van der Waals surface area contributed by atoms with Crippen molar-refractivity contribution in [3.63, 3.8) is 0 Å². The number of benzene rings is 2. The molecule has 0 bridgehead atoms. The number of aryl methyl sites for hydroxylation is 3. The van der Waals surface area contributed by atoms with Gasteiger partial charge in [0.05, 0.1) is 24.0 Å². The Labute approximate surface area is 143 Å². The molecule has 3 nitrogen and oxygen atoms in total. The van der Waals surface area contributed by atoms with E-state index in [1.165, 1.54) is 22.2 Å². The van der Waals surface area contributed by atoms with Gasteiger partial charge in [0.25, 0.3) is 0 Å². The van der Waals surface area contributed by atoms with E-state index in [4.69, 9.17) is 4.74 Å². The second-order valence-corrected chi connectivity index (χ2v) is 6.17.